The number of methoxy groups -OCH3 is 1. The summed E-state index contributed by atoms with van der Waals surface area (Å²) in [5.41, 5.74) is 5.52. The van der Waals surface area contributed by atoms with E-state index in [0.29, 0.717) is 10.8 Å². The number of fused-ring (bicyclic) bond motifs is 1. The Bertz CT molecular complexity index is 983. The molecule has 1 unspecified atom stereocenters. The lowest BCUT2D eigenvalue weighted by molar-refractivity contribution is -0.155. The summed E-state index contributed by atoms with van der Waals surface area (Å²) in [6.07, 6.45) is 6.26. The second kappa shape index (κ2) is 8.99. The minimum atomic E-state index is -0.880. The van der Waals surface area contributed by atoms with Gasteiger partial charge in [-0.25, -0.2) is 4.79 Å². The highest BCUT2D eigenvalue weighted by molar-refractivity contribution is 6.17. The van der Waals surface area contributed by atoms with Crippen molar-refractivity contribution in [1.82, 2.24) is 5.32 Å². The number of amidine groups is 1. The quantitative estimate of drug-likeness (QED) is 0.365. The summed E-state index contributed by atoms with van der Waals surface area (Å²) in [7, 11) is 1.43. The van der Waals surface area contributed by atoms with Crippen LogP contribution in [-0.2, 0) is 9.53 Å². The fourth-order valence-electron chi connectivity index (χ4n) is 3.97. The second-order valence-electron chi connectivity index (χ2n) is 9.06. The zero-order chi connectivity index (χ0) is 22.8. The van der Waals surface area contributed by atoms with Crippen molar-refractivity contribution in [2.75, 3.05) is 7.11 Å². The van der Waals surface area contributed by atoms with Crippen LogP contribution in [0.4, 0.5) is 0 Å². The molecule has 1 aliphatic rings. The van der Waals surface area contributed by atoms with Gasteiger partial charge in [0.15, 0.2) is 0 Å². The van der Waals surface area contributed by atoms with Crippen LogP contribution in [0.25, 0.3) is 10.8 Å². The standard InChI is InChI=1S/C23H31N3O5/c1-23(2,3)18(21(28)31-14-8-6-5-7-9-14)26-20(27)17-15(19(24)25)11-10-13-12-30-22(29-4)16(13)17/h10-12,14,18H,5-9H2,1-4H3,(H3,24,25)(H,26,27). The number of amides is 1. The van der Waals surface area contributed by atoms with Gasteiger partial charge in [0, 0.05) is 10.9 Å². The molecule has 1 heterocycles. The third-order valence-corrected chi connectivity index (χ3v) is 5.65. The van der Waals surface area contributed by atoms with Gasteiger partial charge < -0.3 is 24.9 Å². The van der Waals surface area contributed by atoms with Crippen LogP contribution in [0.2, 0.25) is 0 Å². The summed E-state index contributed by atoms with van der Waals surface area (Å²) in [5.74, 6) is -1.13. The van der Waals surface area contributed by atoms with E-state index in [2.05, 4.69) is 5.32 Å². The normalized spacial score (nSPS) is 16.0. The van der Waals surface area contributed by atoms with Crippen LogP contribution in [0.5, 0.6) is 5.95 Å². The Morgan fingerprint density at radius 2 is 1.90 bits per heavy atom. The topological polar surface area (TPSA) is 128 Å². The molecule has 0 spiro atoms. The summed E-state index contributed by atoms with van der Waals surface area (Å²) in [5, 5.41) is 11.8. The fourth-order valence-corrected chi connectivity index (χ4v) is 3.97. The highest BCUT2D eigenvalue weighted by Gasteiger charge is 2.37. The fraction of sp³-hybridized carbons (Fsp3) is 0.522. The third-order valence-electron chi connectivity index (χ3n) is 5.65. The first-order chi connectivity index (χ1) is 14.6. The lowest BCUT2D eigenvalue weighted by Crippen LogP contribution is -2.51. The molecule has 1 atom stereocenters. The van der Waals surface area contributed by atoms with Gasteiger partial charge in [0.05, 0.1) is 18.1 Å². The maximum atomic E-state index is 13.4. The first-order valence-electron chi connectivity index (χ1n) is 10.6. The van der Waals surface area contributed by atoms with Crippen LogP contribution in [0.3, 0.4) is 0 Å². The third kappa shape index (κ3) is 4.84. The molecule has 8 nitrogen and oxygen atoms in total. The number of carbonyl (C=O) groups excluding carboxylic acids is 2. The zero-order valence-corrected chi connectivity index (χ0v) is 18.5. The number of ether oxygens (including phenoxy) is 2. The van der Waals surface area contributed by atoms with Crippen LogP contribution < -0.4 is 15.8 Å². The van der Waals surface area contributed by atoms with Gasteiger partial charge in [-0.15, -0.1) is 0 Å². The molecular weight excluding hydrogens is 398 g/mol. The predicted octanol–water partition coefficient (Wildman–Crippen LogP) is 3.75. The van der Waals surface area contributed by atoms with Gasteiger partial charge in [-0.3, -0.25) is 10.2 Å². The molecule has 168 valence electrons. The van der Waals surface area contributed by atoms with Gasteiger partial charge in [0.2, 0.25) is 0 Å². The monoisotopic (exact) mass is 429 g/mol. The average Bonchev–Trinajstić information content (AvgIpc) is 3.14. The number of hydrogen-bond acceptors (Lipinski definition) is 6. The van der Waals surface area contributed by atoms with Gasteiger partial charge >= 0.3 is 5.97 Å². The summed E-state index contributed by atoms with van der Waals surface area (Å²) < 4.78 is 16.4. The number of furan rings is 1. The predicted molar refractivity (Wildman–Crippen MR) is 117 cm³/mol. The molecule has 0 bridgehead atoms. The maximum absolute atomic E-state index is 13.4. The number of carbonyl (C=O) groups is 2. The molecule has 1 aromatic carbocycles. The van der Waals surface area contributed by atoms with Gasteiger partial charge in [0.25, 0.3) is 11.9 Å². The first-order valence-corrected chi connectivity index (χ1v) is 10.6. The van der Waals surface area contributed by atoms with Crippen LogP contribution in [0.1, 0.15) is 68.8 Å². The van der Waals surface area contributed by atoms with E-state index in [0.717, 1.165) is 32.1 Å². The lowest BCUT2D eigenvalue weighted by atomic mass is 9.86. The van der Waals surface area contributed by atoms with E-state index in [9.17, 15) is 9.59 Å². The number of rotatable bonds is 6. The summed E-state index contributed by atoms with van der Waals surface area (Å²) in [6, 6.07) is 2.41. The van der Waals surface area contributed by atoms with Crippen LogP contribution in [0.15, 0.2) is 22.8 Å². The van der Waals surface area contributed by atoms with Crippen molar-refractivity contribution in [2.45, 2.75) is 65.0 Å². The Labute approximate surface area is 182 Å². The Hall–Kier alpha value is -3.03. The lowest BCUT2D eigenvalue weighted by Gasteiger charge is -2.32. The number of benzene rings is 1. The molecule has 4 N–H and O–H groups in total. The number of nitrogens with two attached hydrogens (primary N) is 1. The molecule has 0 saturated heterocycles. The molecule has 3 rings (SSSR count). The summed E-state index contributed by atoms with van der Waals surface area (Å²) >= 11 is 0. The molecule has 1 aliphatic carbocycles. The Balaban J connectivity index is 1.95. The average molecular weight is 430 g/mol. The zero-order valence-electron chi connectivity index (χ0n) is 18.5. The molecule has 1 saturated carbocycles. The summed E-state index contributed by atoms with van der Waals surface area (Å²) in [4.78, 5) is 26.5. The van der Waals surface area contributed by atoms with E-state index in [4.69, 9.17) is 25.0 Å². The van der Waals surface area contributed by atoms with Gasteiger partial charge in [-0.2, -0.15) is 0 Å². The van der Waals surface area contributed by atoms with E-state index in [1.54, 1.807) is 12.1 Å². The maximum Gasteiger partial charge on any atom is 0.329 e. The molecule has 2 aromatic rings. The minimum absolute atomic E-state index is 0.117. The Kier molecular flexibility index (Phi) is 6.57. The smallest absolute Gasteiger partial charge is 0.329 e. The van der Waals surface area contributed by atoms with E-state index in [1.807, 2.05) is 20.8 Å². The Morgan fingerprint density at radius 1 is 1.23 bits per heavy atom. The van der Waals surface area contributed by atoms with Crippen LogP contribution in [0, 0.1) is 10.8 Å². The van der Waals surface area contributed by atoms with Crippen molar-refractivity contribution >= 4 is 28.5 Å². The van der Waals surface area contributed by atoms with Crippen LogP contribution in [-0.4, -0.2) is 37.0 Å². The molecule has 0 aliphatic heterocycles. The highest BCUT2D eigenvalue weighted by Crippen LogP contribution is 2.34. The number of esters is 1. The molecule has 1 amide bonds. The first kappa shape index (κ1) is 22.7. The molecule has 8 heteroatoms. The number of nitrogens with one attached hydrogen (secondary N) is 2. The molecular formula is C23H31N3O5. The van der Waals surface area contributed by atoms with Gasteiger partial charge in [-0.05, 0) is 37.2 Å². The van der Waals surface area contributed by atoms with Crippen LogP contribution >= 0.6 is 0 Å². The van der Waals surface area contributed by atoms with Crippen molar-refractivity contribution in [3.8, 4) is 5.95 Å². The van der Waals surface area contributed by atoms with Crippen molar-refractivity contribution in [1.29, 1.82) is 5.41 Å². The van der Waals surface area contributed by atoms with E-state index in [1.165, 1.54) is 13.4 Å². The van der Waals surface area contributed by atoms with E-state index >= 15 is 0 Å². The van der Waals surface area contributed by atoms with E-state index in [-0.39, 0.29) is 29.0 Å². The molecule has 1 fully saturated rings. The van der Waals surface area contributed by atoms with Crippen molar-refractivity contribution in [3.63, 3.8) is 0 Å². The number of hydrogen-bond donors (Lipinski definition) is 3. The van der Waals surface area contributed by atoms with Crippen molar-refractivity contribution in [2.24, 2.45) is 11.1 Å². The van der Waals surface area contributed by atoms with E-state index < -0.39 is 23.3 Å². The second-order valence-corrected chi connectivity index (χ2v) is 9.06. The minimum Gasteiger partial charge on any atom is -0.468 e. The molecule has 0 radical (unpaired) electrons. The molecule has 1 aromatic heterocycles. The SMILES string of the molecule is COc1occ2ccc(C(=N)N)c(C(=O)NC(C(=O)OC3CCCCC3)C(C)(C)C)c12. The van der Waals surface area contributed by atoms with Crippen molar-refractivity contribution in [3.05, 3.63) is 29.5 Å². The van der Waals surface area contributed by atoms with Gasteiger partial charge in [0.1, 0.15) is 24.2 Å². The number of nitrogen functional groups attached to an aromatic ring is 1. The van der Waals surface area contributed by atoms with Gasteiger partial charge in [-0.1, -0.05) is 33.3 Å². The highest BCUT2D eigenvalue weighted by atomic mass is 16.6. The molecule has 31 heavy (non-hydrogen) atoms. The van der Waals surface area contributed by atoms with Crippen molar-refractivity contribution < 1.29 is 23.5 Å². The Morgan fingerprint density at radius 3 is 2.48 bits per heavy atom. The summed E-state index contributed by atoms with van der Waals surface area (Å²) in [6.45, 7) is 5.60. The largest absolute Gasteiger partial charge is 0.468 e.